The number of carboxylic acid groups (broad SMARTS) is 1. The van der Waals surface area contributed by atoms with E-state index in [0.29, 0.717) is 18.1 Å². The number of para-hydroxylation sites is 1. The number of hydrogen-bond donors (Lipinski definition) is 2. The lowest BCUT2D eigenvalue weighted by atomic mass is 10.1. The first-order chi connectivity index (χ1) is 14.0. The van der Waals surface area contributed by atoms with Crippen molar-refractivity contribution in [1.82, 2.24) is 9.88 Å². The van der Waals surface area contributed by atoms with E-state index in [1.165, 1.54) is 0 Å². The van der Waals surface area contributed by atoms with E-state index in [1.54, 1.807) is 4.90 Å². The number of benzene rings is 2. The van der Waals surface area contributed by atoms with E-state index in [9.17, 15) is 9.59 Å². The molecule has 29 heavy (non-hydrogen) atoms. The maximum absolute atomic E-state index is 12.8. The van der Waals surface area contributed by atoms with Crippen molar-refractivity contribution in [3.8, 4) is 0 Å². The molecular weight excluding hydrogens is 386 g/mol. The Bertz CT molecular complexity index is 1150. The third-order valence-electron chi connectivity index (χ3n) is 4.68. The lowest BCUT2D eigenvalue weighted by Gasteiger charge is -2.15. The predicted molar refractivity (Wildman–Crippen MR) is 115 cm³/mol. The van der Waals surface area contributed by atoms with Crippen LogP contribution in [0.1, 0.15) is 11.1 Å². The molecule has 1 fully saturated rings. The zero-order chi connectivity index (χ0) is 20.4. The van der Waals surface area contributed by atoms with Crippen molar-refractivity contribution in [1.29, 1.82) is 0 Å². The van der Waals surface area contributed by atoms with E-state index in [4.69, 9.17) is 5.11 Å². The average molecular weight is 405 g/mol. The van der Waals surface area contributed by atoms with Crippen molar-refractivity contribution in [2.45, 2.75) is 13.3 Å². The Balaban J connectivity index is 1.62. The van der Waals surface area contributed by atoms with Crippen LogP contribution in [0.5, 0.6) is 0 Å². The summed E-state index contributed by atoms with van der Waals surface area (Å²) in [5, 5.41) is 10.7. The molecule has 2 aromatic carbocycles. The SMILES string of the molecule is Cc1ccc(N=C2SC(=CC(=O)O)C(=O)N2CCc2c[nH]c3ccccc23)cc1. The molecule has 0 radical (unpaired) electrons. The van der Waals surface area contributed by atoms with Crippen LogP contribution < -0.4 is 0 Å². The van der Waals surface area contributed by atoms with Crippen LogP contribution in [0.2, 0.25) is 0 Å². The topological polar surface area (TPSA) is 85.8 Å². The van der Waals surface area contributed by atoms with Gasteiger partial charge in [-0.05, 0) is 48.9 Å². The van der Waals surface area contributed by atoms with Gasteiger partial charge in [0.1, 0.15) is 0 Å². The predicted octanol–water partition coefficient (Wildman–Crippen LogP) is 4.25. The molecule has 4 rings (SSSR count). The number of hydrogen-bond acceptors (Lipinski definition) is 4. The first-order valence-corrected chi connectivity index (χ1v) is 9.97. The second-order valence-electron chi connectivity index (χ2n) is 6.75. The molecule has 0 bridgehead atoms. The summed E-state index contributed by atoms with van der Waals surface area (Å²) < 4.78 is 0. The molecule has 2 heterocycles. The minimum absolute atomic E-state index is 0.169. The van der Waals surface area contributed by atoms with E-state index in [0.717, 1.165) is 45.6 Å². The number of fused-ring (bicyclic) bond motifs is 1. The number of aliphatic imine (C=N–C) groups is 1. The van der Waals surface area contributed by atoms with Crippen LogP contribution in [0.4, 0.5) is 5.69 Å². The van der Waals surface area contributed by atoms with Crippen LogP contribution in [0, 0.1) is 6.92 Å². The number of amides is 1. The number of nitrogens with zero attached hydrogens (tertiary/aromatic N) is 2. The van der Waals surface area contributed by atoms with Crippen molar-refractivity contribution in [3.63, 3.8) is 0 Å². The Kier molecular flexibility index (Phi) is 5.22. The molecule has 1 amide bonds. The van der Waals surface area contributed by atoms with Crippen molar-refractivity contribution in [2.24, 2.45) is 4.99 Å². The monoisotopic (exact) mass is 405 g/mol. The highest BCUT2D eigenvalue weighted by atomic mass is 32.2. The molecule has 6 nitrogen and oxygen atoms in total. The number of rotatable bonds is 5. The van der Waals surface area contributed by atoms with E-state index in [-0.39, 0.29) is 10.8 Å². The number of amidine groups is 1. The number of H-pyrrole nitrogens is 1. The zero-order valence-electron chi connectivity index (χ0n) is 15.8. The number of nitrogens with one attached hydrogen (secondary N) is 1. The Morgan fingerprint density at radius 1 is 1.21 bits per heavy atom. The fourth-order valence-electron chi connectivity index (χ4n) is 3.20. The van der Waals surface area contributed by atoms with Crippen LogP contribution in [0.3, 0.4) is 0 Å². The summed E-state index contributed by atoms with van der Waals surface area (Å²) in [6, 6.07) is 15.7. The average Bonchev–Trinajstić information content (AvgIpc) is 3.23. The number of carbonyl (C=O) groups is 2. The number of aromatic amines is 1. The van der Waals surface area contributed by atoms with Crippen molar-refractivity contribution in [3.05, 3.63) is 76.8 Å². The Morgan fingerprint density at radius 3 is 2.72 bits per heavy atom. The number of aliphatic carboxylic acids is 1. The molecule has 1 aromatic heterocycles. The fourth-order valence-corrected chi connectivity index (χ4v) is 4.19. The van der Waals surface area contributed by atoms with Gasteiger partial charge in [-0.2, -0.15) is 0 Å². The largest absolute Gasteiger partial charge is 0.478 e. The molecule has 1 aliphatic heterocycles. The fraction of sp³-hybridized carbons (Fsp3) is 0.136. The molecule has 3 aromatic rings. The first-order valence-electron chi connectivity index (χ1n) is 9.16. The van der Waals surface area contributed by atoms with E-state index in [2.05, 4.69) is 9.98 Å². The maximum atomic E-state index is 12.8. The highest BCUT2D eigenvalue weighted by molar-refractivity contribution is 8.18. The molecule has 0 atom stereocenters. The van der Waals surface area contributed by atoms with Gasteiger partial charge < -0.3 is 10.1 Å². The normalized spacial score (nSPS) is 17.0. The summed E-state index contributed by atoms with van der Waals surface area (Å²) in [6.07, 6.45) is 3.52. The van der Waals surface area contributed by atoms with Gasteiger partial charge in [-0.25, -0.2) is 9.79 Å². The Labute approximate surface area is 171 Å². The van der Waals surface area contributed by atoms with Gasteiger partial charge in [0.2, 0.25) is 0 Å². The summed E-state index contributed by atoms with van der Waals surface area (Å²) in [5.41, 5.74) is 3.99. The first kappa shape index (κ1) is 19.0. The Morgan fingerprint density at radius 2 is 1.97 bits per heavy atom. The molecule has 7 heteroatoms. The Hall–Kier alpha value is -3.32. The second-order valence-corrected chi connectivity index (χ2v) is 7.75. The van der Waals surface area contributed by atoms with Crippen molar-refractivity contribution >= 4 is 45.4 Å². The van der Waals surface area contributed by atoms with Crippen LogP contribution in [-0.2, 0) is 16.0 Å². The number of aromatic nitrogens is 1. The summed E-state index contributed by atoms with van der Waals surface area (Å²) >= 11 is 1.09. The molecule has 0 spiro atoms. The quantitative estimate of drug-likeness (QED) is 0.622. The molecule has 0 unspecified atom stereocenters. The molecule has 0 saturated carbocycles. The van der Waals surface area contributed by atoms with E-state index < -0.39 is 5.97 Å². The summed E-state index contributed by atoms with van der Waals surface area (Å²) in [6.45, 7) is 2.40. The van der Waals surface area contributed by atoms with Gasteiger partial charge in [0, 0.05) is 29.7 Å². The van der Waals surface area contributed by atoms with E-state index >= 15 is 0 Å². The lowest BCUT2D eigenvalue weighted by molar-refractivity contribution is -0.132. The van der Waals surface area contributed by atoms with Crippen LogP contribution >= 0.6 is 11.8 Å². The summed E-state index contributed by atoms with van der Waals surface area (Å²) in [7, 11) is 0. The van der Waals surface area contributed by atoms with E-state index in [1.807, 2.05) is 61.7 Å². The third kappa shape index (κ3) is 4.09. The third-order valence-corrected chi connectivity index (χ3v) is 5.69. The van der Waals surface area contributed by atoms with Crippen LogP contribution in [0.25, 0.3) is 10.9 Å². The highest BCUT2D eigenvalue weighted by Crippen LogP contribution is 2.33. The molecule has 0 aliphatic carbocycles. The van der Waals surface area contributed by atoms with Gasteiger partial charge in [0.05, 0.1) is 10.6 Å². The molecule has 1 aliphatic rings. The van der Waals surface area contributed by atoms with Gasteiger partial charge in [-0.15, -0.1) is 0 Å². The van der Waals surface area contributed by atoms with Gasteiger partial charge in [0.25, 0.3) is 5.91 Å². The van der Waals surface area contributed by atoms with Gasteiger partial charge >= 0.3 is 5.97 Å². The number of carboxylic acids is 1. The van der Waals surface area contributed by atoms with Gasteiger partial charge in [0.15, 0.2) is 5.17 Å². The molecular formula is C22H19N3O3S. The lowest BCUT2D eigenvalue weighted by Crippen LogP contribution is -2.31. The highest BCUT2D eigenvalue weighted by Gasteiger charge is 2.33. The van der Waals surface area contributed by atoms with Crippen LogP contribution in [-0.4, -0.2) is 38.6 Å². The number of carbonyl (C=O) groups excluding carboxylic acids is 1. The minimum atomic E-state index is -1.14. The van der Waals surface area contributed by atoms with Gasteiger partial charge in [-0.3, -0.25) is 9.69 Å². The second kappa shape index (κ2) is 7.97. The number of thioether (sulfide) groups is 1. The summed E-state index contributed by atoms with van der Waals surface area (Å²) in [4.78, 5) is 33.5. The van der Waals surface area contributed by atoms with Crippen molar-refractivity contribution in [2.75, 3.05) is 6.54 Å². The summed E-state index contributed by atoms with van der Waals surface area (Å²) in [5.74, 6) is -1.47. The number of aryl methyl sites for hydroxylation is 1. The van der Waals surface area contributed by atoms with Gasteiger partial charge in [-0.1, -0.05) is 35.9 Å². The smallest absolute Gasteiger partial charge is 0.329 e. The molecule has 2 N–H and O–H groups in total. The van der Waals surface area contributed by atoms with Crippen molar-refractivity contribution < 1.29 is 14.7 Å². The molecule has 1 saturated heterocycles. The van der Waals surface area contributed by atoms with Crippen LogP contribution in [0.15, 0.2) is 70.7 Å². The standard InChI is InChI=1S/C22H19N3O3S/c1-14-6-8-16(9-7-14)24-22-25(21(28)19(29-22)12-20(26)27)11-10-15-13-23-18-5-3-2-4-17(15)18/h2-9,12-13,23H,10-11H2,1H3,(H,26,27). The molecule has 146 valence electrons. The maximum Gasteiger partial charge on any atom is 0.329 e. The minimum Gasteiger partial charge on any atom is -0.478 e. The zero-order valence-corrected chi connectivity index (χ0v) is 16.6.